The minimum atomic E-state index is -0.550. The molecule has 0 spiro atoms. The van der Waals surface area contributed by atoms with Gasteiger partial charge in [-0.25, -0.2) is 4.98 Å². The van der Waals surface area contributed by atoms with E-state index in [0.717, 1.165) is 16.9 Å². The van der Waals surface area contributed by atoms with Crippen LogP contribution < -0.4 is 16.4 Å². The first-order valence-corrected chi connectivity index (χ1v) is 9.17. The van der Waals surface area contributed by atoms with E-state index in [-0.39, 0.29) is 24.2 Å². The fraction of sp³-hybridized carbons (Fsp3) is 0.389. The van der Waals surface area contributed by atoms with E-state index in [1.807, 2.05) is 43.5 Å². The van der Waals surface area contributed by atoms with Crippen molar-refractivity contribution >= 4 is 46.4 Å². The minimum Gasteiger partial charge on any atom is -0.329 e. The van der Waals surface area contributed by atoms with Crippen molar-refractivity contribution < 1.29 is 9.59 Å². The van der Waals surface area contributed by atoms with E-state index in [1.165, 1.54) is 18.3 Å². The van der Waals surface area contributed by atoms with Gasteiger partial charge in [0.05, 0.1) is 11.1 Å². The lowest BCUT2D eigenvalue weighted by molar-refractivity contribution is -0.125. The molecule has 0 aliphatic rings. The third-order valence-electron chi connectivity index (χ3n) is 4.45. The van der Waals surface area contributed by atoms with Crippen molar-refractivity contribution in [3.63, 3.8) is 0 Å². The summed E-state index contributed by atoms with van der Waals surface area (Å²) in [6, 6.07) is 7.41. The van der Waals surface area contributed by atoms with E-state index in [0.29, 0.717) is 24.5 Å². The molecule has 0 aliphatic carbocycles. The molecule has 2 aromatic rings. The number of hydrogen-bond donors (Lipinski definition) is 3. The third-order valence-corrected chi connectivity index (χ3v) is 5.21. The molecule has 0 saturated carbocycles. The second kappa shape index (κ2) is 9.66. The number of nitrogens with zero attached hydrogens (tertiary/aromatic N) is 1. The first-order valence-electron chi connectivity index (χ1n) is 8.29. The van der Waals surface area contributed by atoms with Gasteiger partial charge in [0, 0.05) is 30.1 Å². The van der Waals surface area contributed by atoms with Gasteiger partial charge in [-0.3, -0.25) is 9.59 Å². The Morgan fingerprint density at radius 1 is 1.15 bits per heavy atom. The highest BCUT2D eigenvalue weighted by atomic mass is 35.5. The summed E-state index contributed by atoms with van der Waals surface area (Å²) in [7, 11) is 0. The van der Waals surface area contributed by atoms with Crippen molar-refractivity contribution in [3.8, 4) is 11.3 Å². The van der Waals surface area contributed by atoms with Crippen LogP contribution in [0.15, 0.2) is 29.6 Å². The number of nitrogens with one attached hydrogen (secondary N) is 2. The molecule has 2 amide bonds. The van der Waals surface area contributed by atoms with Crippen LogP contribution in [0.5, 0.6) is 0 Å². The summed E-state index contributed by atoms with van der Waals surface area (Å²) in [6.07, 6.45) is 1.38. The van der Waals surface area contributed by atoms with Gasteiger partial charge >= 0.3 is 0 Å². The Bertz CT molecular complexity index is 734. The molecule has 6 nitrogen and oxygen atoms in total. The van der Waals surface area contributed by atoms with Gasteiger partial charge in [-0.15, -0.1) is 23.7 Å². The number of rotatable bonds is 7. The number of benzene rings is 1. The van der Waals surface area contributed by atoms with Gasteiger partial charge in [0.15, 0.2) is 5.13 Å². The topological polar surface area (TPSA) is 97.1 Å². The Morgan fingerprint density at radius 3 is 2.27 bits per heavy atom. The molecule has 0 bridgehead atoms. The Labute approximate surface area is 164 Å². The minimum absolute atomic E-state index is 0. The van der Waals surface area contributed by atoms with Gasteiger partial charge in [-0.05, 0) is 25.0 Å². The van der Waals surface area contributed by atoms with E-state index in [1.54, 1.807) is 0 Å². The highest BCUT2D eigenvalue weighted by Crippen LogP contribution is 2.30. The zero-order chi connectivity index (χ0) is 18.4. The quantitative estimate of drug-likeness (QED) is 0.661. The Kier molecular flexibility index (Phi) is 8.20. The summed E-state index contributed by atoms with van der Waals surface area (Å²) in [4.78, 5) is 28.1. The van der Waals surface area contributed by atoms with Crippen molar-refractivity contribution in [2.75, 3.05) is 17.2 Å². The summed E-state index contributed by atoms with van der Waals surface area (Å²) >= 11 is 1.38. The zero-order valence-electron chi connectivity index (χ0n) is 15.2. The molecule has 8 heteroatoms. The molecule has 0 saturated heterocycles. The van der Waals surface area contributed by atoms with E-state index in [9.17, 15) is 9.59 Å². The highest BCUT2D eigenvalue weighted by molar-refractivity contribution is 7.14. The number of hydrogen-bond acceptors (Lipinski definition) is 5. The maximum absolute atomic E-state index is 12.6. The van der Waals surface area contributed by atoms with Crippen LogP contribution in [0, 0.1) is 5.41 Å². The van der Waals surface area contributed by atoms with Gasteiger partial charge in [-0.1, -0.05) is 26.0 Å². The molecule has 0 radical (unpaired) electrons. The zero-order valence-corrected chi connectivity index (χ0v) is 16.8. The predicted octanol–water partition coefficient (Wildman–Crippen LogP) is 3.89. The molecule has 2 rings (SSSR count). The number of nitrogens with two attached hydrogens (primary N) is 1. The molecular formula is C18H25ClN4O2S. The van der Waals surface area contributed by atoms with Crippen molar-refractivity contribution in [2.24, 2.45) is 11.1 Å². The molecular weight excluding hydrogens is 372 g/mol. The van der Waals surface area contributed by atoms with Crippen molar-refractivity contribution in [1.29, 1.82) is 0 Å². The standard InChI is InChI=1S/C18H24N4O2S.ClH/c1-4-18(5-2,11-19)16(24)22-17-21-15(10-25-17)13-6-8-14(9-7-13)20-12(3)23;/h6-10H,4-5,11,19H2,1-3H3,(H,20,23)(H,21,22,24);1H. The second-order valence-corrected chi connectivity index (χ2v) is 6.80. The number of halogens is 1. The summed E-state index contributed by atoms with van der Waals surface area (Å²) < 4.78 is 0. The van der Waals surface area contributed by atoms with Crippen LogP contribution in [-0.2, 0) is 9.59 Å². The molecule has 142 valence electrons. The normalized spacial score (nSPS) is 10.8. The number of thiazole rings is 1. The van der Waals surface area contributed by atoms with Crippen molar-refractivity contribution in [1.82, 2.24) is 4.98 Å². The Balaban J connectivity index is 0.00000338. The Morgan fingerprint density at radius 2 is 1.77 bits per heavy atom. The highest BCUT2D eigenvalue weighted by Gasteiger charge is 2.33. The lowest BCUT2D eigenvalue weighted by Crippen LogP contribution is -2.41. The molecule has 0 aliphatic heterocycles. The van der Waals surface area contributed by atoms with Gasteiger partial charge < -0.3 is 16.4 Å². The van der Waals surface area contributed by atoms with E-state index < -0.39 is 5.41 Å². The number of carbonyl (C=O) groups is 2. The molecule has 0 unspecified atom stereocenters. The van der Waals surface area contributed by atoms with Crippen LogP contribution in [0.25, 0.3) is 11.3 Å². The molecule has 26 heavy (non-hydrogen) atoms. The lowest BCUT2D eigenvalue weighted by atomic mass is 9.81. The summed E-state index contributed by atoms with van der Waals surface area (Å²) in [6.45, 7) is 5.73. The average Bonchev–Trinajstić information content (AvgIpc) is 3.05. The first kappa shape index (κ1) is 22.1. The number of carbonyl (C=O) groups excluding carboxylic acids is 2. The molecule has 1 aromatic heterocycles. The van der Waals surface area contributed by atoms with E-state index >= 15 is 0 Å². The average molecular weight is 397 g/mol. The van der Waals surface area contributed by atoms with E-state index in [2.05, 4.69) is 15.6 Å². The monoisotopic (exact) mass is 396 g/mol. The third kappa shape index (κ3) is 5.03. The van der Waals surface area contributed by atoms with Crippen molar-refractivity contribution in [2.45, 2.75) is 33.6 Å². The summed E-state index contributed by atoms with van der Waals surface area (Å²) in [5.41, 5.74) is 7.70. The van der Waals surface area contributed by atoms with Crippen molar-refractivity contribution in [3.05, 3.63) is 29.6 Å². The van der Waals surface area contributed by atoms with Crippen LogP contribution in [0.2, 0.25) is 0 Å². The molecule has 1 heterocycles. The largest absolute Gasteiger partial charge is 0.329 e. The van der Waals surface area contributed by atoms with Crippen LogP contribution in [0.4, 0.5) is 10.8 Å². The number of aromatic nitrogens is 1. The lowest BCUT2D eigenvalue weighted by Gasteiger charge is -2.27. The fourth-order valence-corrected chi connectivity index (χ4v) is 3.29. The Hall–Kier alpha value is -1.96. The van der Waals surface area contributed by atoms with Crippen LogP contribution in [-0.4, -0.2) is 23.3 Å². The maximum Gasteiger partial charge on any atom is 0.233 e. The van der Waals surface area contributed by atoms with Gasteiger partial charge in [0.1, 0.15) is 0 Å². The first-order chi connectivity index (χ1) is 11.9. The molecule has 1 aromatic carbocycles. The second-order valence-electron chi connectivity index (χ2n) is 5.94. The number of anilines is 2. The molecule has 4 N–H and O–H groups in total. The summed E-state index contributed by atoms with van der Waals surface area (Å²) in [5.74, 6) is -0.191. The van der Waals surface area contributed by atoms with E-state index in [4.69, 9.17) is 5.73 Å². The molecule has 0 fully saturated rings. The fourth-order valence-electron chi connectivity index (χ4n) is 2.57. The smallest absolute Gasteiger partial charge is 0.233 e. The maximum atomic E-state index is 12.6. The number of amides is 2. The van der Waals surface area contributed by atoms with Gasteiger partial charge in [0.2, 0.25) is 11.8 Å². The predicted molar refractivity (Wildman–Crippen MR) is 110 cm³/mol. The molecule has 0 atom stereocenters. The van der Waals surface area contributed by atoms with Crippen LogP contribution >= 0.6 is 23.7 Å². The van der Waals surface area contributed by atoms with Crippen LogP contribution in [0.1, 0.15) is 33.6 Å². The summed E-state index contributed by atoms with van der Waals surface area (Å²) in [5, 5.41) is 8.07. The van der Waals surface area contributed by atoms with Crippen LogP contribution in [0.3, 0.4) is 0 Å². The SMILES string of the molecule is CCC(CC)(CN)C(=O)Nc1nc(-c2ccc(NC(C)=O)cc2)cs1.Cl. The van der Waals surface area contributed by atoms with Gasteiger partial charge in [-0.2, -0.15) is 0 Å². The van der Waals surface area contributed by atoms with Gasteiger partial charge in [0.25, 0.3) is 0 Å².